The zero-order valence-electron chi connectivity index (χ0n) is 20.9. The van der Waals surface area contributed by atoms with E-state index < -0.39 is 17.6 Å². The van der Waals surface area contributed by atoms with Gasteiger partial charge < -0.3 is 10.6 Å². The summed E-state index contributed by atoms with van der Waals surface area (Å²) in [7, 11) is 3.95. The number of pyridine rings is 1. The molecule has 1 saturated heterocycles. The molecule has 1 aliphatic heterocycles. The Labute approximate surface area is 222 Å². The van der Waals surface area contributed by atoms with Gasteiger partial charge in [0.25, 0.3) is 5.91 Å². The molecule has 38 heavy (non-hydrogen) atoms. The molecule has 0 aliphatic carbocycles. The highest BCUT2D eigenvalue weighted by molar-refractivity contribution is 7.14. The molecule has 1 amide bonds. The van der Waals surface area contributed by atoms with Gasteiger partial charge >= 0.3 is 6.18 Å². The van der Waals surface area contributed by atoms with Crippen LogP contribution in [0.4, 0.5) is 13.2 Å². The molecular formula is C27H26F3N5O2S. The Morgan fingerprint density at radius 2 is 1.97 bits per heavy atom. The Morgan fingerprint density at radius 1 is 1.18 bits per heavy atom. The number of likely N-dealkylation sites (N-methyl/N-ethyl adjacent to an activating group) is 1. The predicted octanol–water partition coefficient (Wildman–Crippen LogP) is 3.62. The van der Waals surface area contributed by atoms with Gasteiger partial charge in [-0.15, -0.1) is 11.3 Å². The van der Waals surface area contributed by atoms with Crippen LogP contribution in [-0.4, -0.2) is 64.7 Å². The van der Waals surface area contributed by atoms with Crippen molar-refractivity contribution in [2.24, 2.45) is 5.73 Å². The number of Topliss-reactive ketones (excluding diaryl/α,β-unsaturated/α-hetero) is 1. The van der Waals surface area contributed by atoms with Crippen molar-refractivity contribution >= 4 is 23.0 Å². The lowest BCUT2D eigenvalue weighted by Gasteiger charge is -2.22. The first-order valence-corrected chi connectivity index (χ1v) is 12.7. The third-order valence-electron chi connectivity index (χ3n) is 6.33. The smallest absolute Gasteiger partial charge is 0.364 e. The summed E-state index contributed by atoms with van der Waals surface area (Å²) in [5.41, 5.74) is 5.56. The number of carbonyl (C=O) groups excluding carboxylic acids is 2. The quantitative estimate of drug-likeness (QED) is 0.363. The lowest BCUT2D eigenvalue weighted by atomic mass is 9.98. The highest BCUT2D eigenvalue weighted by atomic mass is 32.1. The number of aromatic nitrogens is 2. The van der Waals surface area contributed by atoms with Crippen LogP contribution in [0.15, 0.2) is 42.7 Å². The van der Waals surface area contributed by atoms with Crippen molar-refractivity contribution in [3.63, 3.8) is 0 Å². The Kier molecular flexibility index (Phi) is 8.26. The van der Waals surface area contributed by atoms with E-state index >= 15 is 0 Å². The van der Waals surface area contributed by atoms with Crippen LogP contribution in [0, 0.1) is 11.8 Å². The molecule has 1 aromatic carbocycles. The second-order valence-electron chi connectivity index (χ2n) is 9.30. The Hall–Kier alpha value is -3.59. The molecule has 3 heterocycles. The summed E-state index contributed by atoms with van der Waals surface area (Å²) < 4.78 is 41.8. The molecular weight excluding hydrogens is 515 g/mol. The molecule has 11 heteroatoms. The Balaban J connectivity index is 1.48. The summed E-state index contributed by atoms with van der Waals surface area (Å²) in [6.45, 7) is 1.66. The van der Waals surface area contributed by atoms with Crippen molar-refractivity contribution in [2.45, 2.75) is 31.6 Å². The number of benzene rings is 1. The first-order valence-electron chi connectivity index (χ1n) is 11.8. The first-order chi connectivity index (χ1) is 18.0. The van der Waals surface area contributed by atoms with Crippen molar-refractivity contribution < 1.29 is 22.8 Å². The number of halogens is 3. The molecule has 2 N–H and O–H groups in total. The highest BCUT2D eigenvalue weighted by Crippen LogP contribution is 2.34. The number of amides is 1. The minimum absolute atomic E-state index is 0.133. The van der Waals surface area contributed by atoms with Gasteiger partial charge in [0.1, 0.15) is 5.69 Å². The normalized spacial score (nSPS) is 15.9. The second kappa shape index (κ2) is 11.4. The number of hydrogen-bond acceptors (Lipinski definition) is 7. The van der Waals surface area contributed by atoms with Crippen molar-refractivity contribution in [1.29, 1.82) is 0 Å². The van der Waals surface area contributed by atoms with Gasteiger partial charge in [-0.05, 0) is 61.7 Å². The van der Waals surface area contributed by atoms with Gasteiger partial charge in [0.2, 0.25) is 0 Å². The fourth-order valence-electron chi connectivity index (χ4n) is 4.28. The van der Waals surface area contributed by atoms with E-state index in [0.717, 1.165) is 30.4 Å². The first kappa shape index (κ1) is 27.4. The third-order valence-corrected chi connectivity index (χ3v) is 7.26. The van der Waals surface area contributed by atoms with Crippen molar-refractivity contribution in [1.82, 2.24) is 19.8 Å². The monoisotopic (exact) mass is 541 g/mol. The van der Waals surface area contributed by atoms with E-state index in [0.29, 0.717) is 23.2 Å². The number of alkyl halides is 3. The van der Waals surface area contributed by atoms with E-state index in [-0.39, 0.29) is 40.4 Å². The maximum atomic E-state index is 13.9. The lowest BCUT2D eigenvalue weighted by molar-refractivity contribution is -0.138. The molecule has 198 valence electrons. The molecule has 0 spiro atoms. The average Bonchev–Trinajstić information content (AvgIpc) is 3.53. The molecule has 1 aliphatic rings. The molecule has 1 atom stereocenters. The highest BCUT2D eigenvalue weighted by Gasteiger charge is 2.35. The lowest BCUT2D eigenvalue weighted by Crippen LogP contribution is -2.31. The zero-order chi connectivity index (χ0) is 27.4. The molecule has 4 rings (SSSR count). The number of thiazole rings is 1. The van der Waals surface area contributed by atoms with Gasteiger partial charge in [-0.2, -0.15) is 13.2 Å². The number of rotatable bonds is 7. The number of likely N-dealkylation sites (tertiary alicyclic amines) is 1. The van der Waals surface area contributed by atoms with Gasteiger partial charge in [0.05, 0.1) is 16.6 Å². The third kappa shape index (κ3) is 6.83. The summed E-state index contributed by atoms with van der Waals surface area (Å²) in [6.07, 6.45) is -0.972. The van der Waals surface area contributed by atoms with E-state index in [1.165, 1.54) is 30.6 Å². The Morgan fingerprint density at radius 3 is 2.63 bits per heavy atom. The minimum Gasteiger partial charge on any atom is -0.364 e. The van der Waals surface area contributed by atoms with Crippen LogP contribution in [0.5, 0.6) is 0 Å². The second-order valence-corrected chi connectivity index (χ2v) is 10.3. The van der Waals surface area contributed by atoms with Crippen LogP contribution in [0.25, 0.3) is 0 Å². The Bertz CT molecular complexity index is 1410. The summed E-state index contributed by atoms with van der Waals surface area (Å²) in [6, 6.07) is 7.45. The van der Waals surface area contributed by atoms with Gasteiger partial charge in [0, 0.05) is 43.9 Å². The van der Waals surface area contributed by atoms with Gasteiger partial charge in [-0.25, -0.2) is 9.97 Å². The van der Waals surface area contributed by atoms with Crippen molar-refractivity contribution in [3.8, 4) is 11.8 Å². The van der Waals surface area contributed by atoms with E-state index in [2.05, 4.69) is 26.7 Å². The van der Waals surface area contributed by atoms with Crippen molar-refractivity contribution in [3.05, 3.63) is 80.6 Å². The van der Waals surface area contributed by atoms with Crippen LogP contribution < -0.4 is 5.73 Å². The summed E-state index contributed by atoms with van der Waals surface area (Å²) in [4.78, 5) is 36.7. The number of nitrogens with two attached hydrogens (primary N) is 1. The number of hydrogen-bond donors (Lipinski definition) is 1. The largest absolute Gasteiger partial charge is 0.416 e. The molecule has 2 aromatic heterocycles. The number of ketones is 1. The summed E-state index contributed by atoms with van der Waals surface area (Å²) in [5, 5.41) is 0.133. The van der Waals surface area contributed by atoms with Crippen LogP contribution in [0.1, 0.15) is 53.8 Å². The summed E-state index contributed by atoms with van der Waals surface area (Å²) in [5.74, 6) is 4.62. The number of nitrogens with zero attached hydrogens (tertiary/aromatic N) is 4. The molecule has 3 aromatic rings. The topological polar surface area (TPSA) is 92.4 Å². The van der Waals surface area contributed by atoms with E-state index in [9.17, 15) is 22.8 Å². The summed E-state index contributed by atoms with van der Waals surface area (Å²) >= 11 is 1.04. The van der Waals surface area contributed by atoms with Gasteiger partial charge in [-0.1, -0.05) is 12.1 Å². The van der Waals surface area contributed by atoms with Crippen LogP contribution in [0.3, 0.4) is 0 Å². The van der Waals surface area contributed by atoms with Crippen LogP contribution in [-0.2, 0) is 19.1 Å². The van der Waals surface area contributed by atoms with Gasteiger partial charge in [-0.3, -0.25) is 14.5 Å². The van der Waals surface area contributed by atoms with E-state index in [4.69, 9.17) is 5.73 Å². The average molecular weight is 542 g/mol. The van der Waals surface area contributed by atoms with Crippen molar-refractivity contribution in [2.75, 3.05) is 27.2 Å². The van der Waals surface area contributed by atoms with Gasteiger partial charge in [0.15, 0.2) is 10.8 Å². The minimum atomic E-state index is -4.53. The van der Waals surface area contributed by atoms with E-state index in [1.807, 2.05) is 19.0 Å². The zero-order valence-corrected chi connectivity index (χ0v) is 21.7. The maximum Gasteiger partial charge on any atom is 0.416 e. The van der Waals surface area contributed by atoms with Crippen LogP contribution in [0.2, 0.25) is 0 Å². The molecule has 0 saturated carbocycles. The van der Waals surface area contributed by atoms with Crippen LogP contribution >= 0.6 is 11.3 Å². The number of carbonyl (C=O) groups is 2. The fourth-order valence-corrected chi connectivity index (χ4v) is 4.91. The fraction of sp³-hybridized carbons (Fsp3) is 0.333. The van der Waals surface area contributed by atoms with E-state index in [1.54, 1.807) is 6.07 Å². The SMILES string of the molecule is CN(C)C1CCN(Cc2ccc(CC(=O)c3ccnc(C#Cc4cnc(C(N)=O)s4)c3)cc2C(F)(F)F)C1. The molecule has 7 nitrogen and oxygen atoms in total. The number of primary amides is 1. The molecule has 1 fully saturated rings. The molecule has 0 radical (unpaired) electrons. The molecule has 0 bridgehead atoms. The maximum absolute atomic E-state index is 13.9. The standard InChI is InChI=1S/C27H26F3N5O2S/c1-34(2)21-8-10-35(16-21)15-19-4-3-17(11-23(19)27(28,29)30)12-24(36)18-7-9-32-20(13-18)5-6-22-14-33-26(38-22)25(31)37/h3-4,7,9,11,13-14,21H,8,10,12,15-16H2,1-2H3,(H2,31,37). The predicted molar refractivity (Wildman–Crippen MR) is 138 cm³/mol. The molecule has 1 unspecified atom stereocenters.